The predicted octanol–water partition coefficient (Wildman–Crippen LogP) is 5.00. The third-order valence-electron chi connectivity index (χ3n) is 3.94. The summed E-state index contributed by atoms with van der Waals surface area (Å²) in [5, 5.41) is -0.0796. The first-order valence-electron chi connectivity index (χ1n) is 7.31. The Kier molecular flexibility index (Phi) is 4.21. The second-order valence-electron chi connectivity index (χ2n) is 5.57. The topological polar surface area (TPSA) is 43.8 Å². The summed E-state index contributed by atoms with van der Waals surface area (Å²) in [5.41, 5.74) is 9.81. The number of nitrogen functional groups attached to an aromatic ring is 1. The number of nitrogens with zero attached hydrogens (tertiary/aromatic N) is 2. The molecule has 0 unspecified atom stereocenters. The van der Waals surface area contributed by atoms with Crippen molar-refractivity contribution in [2.24, 2.45) is 0 Å². The Hall–Kier alpha value is -2.15. The number of hydrogen-bond donors (Lipinski definition) is 1. The maximum atomic E-state index is 13.4. The van der Waals surface area contributed by atoms with Crippen LogP contribution in [0, 0.1) is 13.8 Å². The molecule has 3 rings (SSSR count). The van der Waals surface area contributed by atoms with Crippen LogP contribution in [0.5, 0.6) is 0 Å². The first kappa shape index (κ1) is 16.7. The molecule has 0 spiro atoms. The predicted molar refractivity (Wildman–Crippen MR) is 90.9 cm³/mol. The minimum absolute atomic E-state index is 0.0569. The van der Waals surface area contributed by atoms with Gasteiger partial charge < -0.3 is 5.73 Å². The van der Waals surface area contributed by atoms with Crippen LogP contribution < -0.4 is 5.73 Å². The maximum Gasteiger partial charge on any atom is 0.491 e. The van der Waals surface area contributed by atoms with Crippen molar-refractivity contribution in [1.29, 1.82) is 0 Å². The van der Waals surface area contributed by atoms with Crippen molar-refractivity contribution in [3.05, 3.63) is 53.1 Å². The Morgan fingerprint density at radius 3 is 2.46 bits per heavy atom. The standard InChI is InChI=1S/C17H16F3N3S/c1-10-7-8-11(2)15(21)12(10)9-24-16-22-13-5-3-4-6-14(13)23(16)17(18,19)20/h3-8H,9,21H2,1-2H3. The molecule has 2 aromatic carbocycles. The average Bonchev–Trinajstić information content (AvgIpc) is 2.89. The SMILES string of the molecule is Cc1ccc(C)c(CSc2nc3ccccc3n2C(F)(F)F)c1N. The zero-order valence-electron chi connectivity index (χ0n) is 13.2. The normalized spacial score (nSPS) is 12.0. The van der Waals surface area contributed by atoms with Gasteiger partial charge in [-0.25, -0.2) is 9.55 Å². The number of benzene rings is 2. The molecule has 7 heteroatoms. The van der Waals surface area contributed by atoms with Gasteiger partial charge in [0.1, 0.15) is 0 Å². The van der Waals surface area contributed by atoms with E-state index >= 15 is 0 Å². The summed E-state index contributed by atoms with van der Waals surface area (Å²) in [6, 6.07) is 10.1. The van der Waals surface area contributed by atoms with E-state index in [2.05, 4.69) is 4.98 Å². The van der Waals surface area contributed by atoms with Gasteiger partial charge in [0, 0.05) is 11.4 Å². The monoisotopic (exact) mass is 351 g/mol. The molecule has 2 N–H and O–H groups in total. The minimum atomic E-state index is -4.52. The van der Waals surface area contributed by atoms with Gasteiger partial charge in [-0.1, -0.05) is 36.0 Å². The second kappa shape index (κ2) is 6.05. The summed E-state index contributed by atoms with van der Waals surface area (Å²) in [6.45, 7) is 3.78. The van der Waals surface area contributed by atoms with E-state index in [1.807, 2.05) is 26.0 Å². The molecule has 0 fully saturated rings. The Balaban J connectivity index is 2.01. The van der Waals surface area contributed by atoms with E-state index in [4.69, 9.17) is 5.73 Å². The number of rotatable bonds is 3. The summed E-state index contributed by atoms with van der Waals surface area (Å²) in [5.74, 6) is 0.332. The fourth-order valence-corrected chi connectivity index (χ4v) is 3.72. The largest absolute Gasteiger partial charge is 0.491 e. The quantitative estimate of drug-likeness (QED) is 0.533. The number of anilines is 1. The molecule has 0 atom stereocenters. The summed E-state index contributed by atoms with van der Waals surface area (Å²) in [7, 11) is 0. The minimum Gasteiger partial charge on any atom is -0.398 e. The van der Waals surface area contributed by atoms with Crippen molar-refractivity contribution in [2.45, 2.75) is 31.1 Å². The molecule has 0 aliphatic heterocycles. The molecule has 0 saturated heterocycles. The van der Waals surface area contributed by atoms with Crippen molar-refractivity contribution < 1.29 is 13.2 Å². The van der Waals surface area contributed by atoms with Crippen molar-refractivity contribution in [1.82, 2.24) is 9.55 Å². The summed E-state index contributed by atoms with van der Waals surface area (Å²) in [4.78, 5) is 4.14. The molecule has 126 valence electrons. The summed E-state index contributed by atoms with van der Waals surface area (Å²) >= 11 is 1.04. The molecule has 0 aliphatic rings. The number of thioether (sulfide) groups is 1. The highest BCUT2D eigenvalue weighted by Gasteiger charge is 2.35. The van der Waals surface area contributed by atoms with Gasteiger partial charge in [-0.05, 0) is 42.7 Å². The van der Waals surface area contributed by atoms with E-state index in [0.29, 0.717) is 21.5 Å². The number of hydrogen-bond acceptors (Lipinski definition) is 3. The highest BCUT2D eigenvalue weighted by atomic mass is 32.2. The van der Waals surface area contributed by atoms with Gasteiger partial charge in [0.2, 0.25) is 0 Å². The zero-order chi connectivity index (χ0) is 17.5. The number of halogens is 3. The van der Waals surface area contributed by atoms with Crippen molar-refractivity contribution in [2.75, 3.05) is 5.73 Å². The fourth-order valence-electron chi connectivity index (χ4n) is 2.56. The van der Waals surface area contributed by atoms with Crippen LogP contribution in [0.3, 0.4) is 0 Å². The summed E-state index contributed by atoms with van der Waals surface area (Å²) in [6.07, 6.45) is -4.52. The van der Waals surface area contributed by atoms with Crippen LogP contribution in [0.15, 0.2) is 41.6 Å². The van der Waals surface area contributed by atoms with Crippen LogP contribution in [0.4, 0.5) is 18.9 Å². The van der Waals surface area contributed by atoms with Gasteiger partial charge in [-0.2, -0.15) is 0 Å². The molecule has 3 nitrogen and oxygen atoms in total. The van der Waals surface area contributed by atoms with E-state index in [1.165, 1.54) is 6.07 Å². The van der Waals surface area contributed by atoms with E-state index in [9.17, 15) is 13.2 Å². The molecule has 0 bridgehead atoms. The number of imidazole rings is 1. The fraction of sp³-hybridized carbons (Fsp3) is 0.235. The first-order valence-corrected chi connectivity index (χ1v) is 8.29. The summed E-state index contributed by atoms with van der Waals surface area (Å²) < 4.78 is 40.7. The van der Waals surface area contributed by atoms with E-state index in [1.54, 1.807) is 18.2 Å². The third kappa shape index (κ3) is 2.96. The smallest absolute Gasteiger partial charge is 0.398 e. The van der Waals surface area contributed by atoms with Crippen LogP contribution in [-0.4, -0.2) is 9.55 Å². The van der Waals surface area contributed by atoms with E-state index < -0.39 is 6.30 Å². The molecule has 0 amide bonds. The van der Waals surface area contributed by atoms with Gasteiger partial charge in [0.05, 0.1) is 11.0 Å². The number of aromatic nitrogens is 2. The van der Waals surface area contributed by atoms with E-state index in [0.717, 1.165) is 28.5 Å². The van der Waals surface area contributed by atoms with Gasteiger partial charge >= 0.3 is 6.30 Å². The molecule has 1 aromatic heterocycles. The molecular weight excluding hydrogens is 335 g/mol. The lowest BCUT2D eigenvalue weighted by atomic mass is 10.0. The molecule has 24 heavy (non-hydrogen) atoms. The third-order valence-corrected chi connectivity index (χ3v) is 4.90. The lowest BCUT2D eigenvalue weighted by Crippen LogP contribution is -2.17. The van der Waals surface area contributed by atoms with Gasteiger partial charge in [0.25, 0.3) is 0 Å². The first-order chi connectivity index (χ1) is 11.3. The van der Waals surface area contributed by atoms with Crippen molar-refractivity contribution >= 4 is 28.5 Å². The average molecular weight is 351 g/mol. The van der Waals surface area contributed by atoms with Crippen LogP contribution in [0.1, 0.15) is 16.7 Å². The van der Waals surface area contributed by atoms with Crippen LogP contribution in [-0.2, 0) is 12.1 Å². The lowest BCUT2D eigenvalue weighted by Gasteiger charge is -2.14. The van der Waals surface area contributed by atoms with Crippen LogP contribution >= 0.6 is 11.8 Å². The molecule has 0 radical (unpaired) electrons. The zero-order valence-corrected chi connectivity index (χ0v) is 14.0. The molecule has 0 saturated carbocycles. The number of aryl methyl sites for hydroxylation is 2. The maximum absolute atomic E-state index is 13.4. The highest BCUT2D eigenvalue weighted by Crippen LogP contribution is 2.36. The van der Waals surface area contributed by atoms with Crippen molar-refractivity contribution in [3.63, 3.8) is 0 Å². The molecular formula is C17H16F3N3S. The Morgan fingerprint density at radius 2 is 1.75 bits per heavy atom. The van der Waals surface area contributed by atoms with Gasteiger partial charge in [0.15, 0.2) is 5.16 Å². The molecule has 3 aromatic rings. The number of alkyl halides is 3. The number of nitrogens with two attached hydrogens (primary N) is 1. The Morgan fingerprint density at radius 1 is 1.08 bits per heavy atom. The van der Waals surface area contributed by atoms with E-state index in [-0.39, 0.29) is 10.7 Å². The van der Waals surface area contributed by atoms with Crippen LogP contribution in [0.25, 0.3) is 11.0 Å². The van der Waals surface area contributed by atoms with Gasteiger partial charge in [-0.15, -0.1) is 13.2 Å². The second-order valence-corrected chi connectivity index (χ2v) is 6.51. The van der Waals surface area contributed by atoms with Crippen molar-refractivity contribution in [3.8, 4) is 0 Å². The molecule has 1 heterocycles. The van der Waals surface area contributed by atoms with Crippen LogP contribution in [0.2, 0.25) is 0 Å². The number of fused-ring (bicyclic) bond motifs is 1. The highest BCUT2D eigenvalue weighted by molar-refractivity contribution is 7.98. The number of para-hydroxylation sites is 2. The Labute approximate surface area is 141 Å². The molecule has 0 aliphatic carbocycles. The lowest BCUT2D eigenvalue weighted by molar-refractivity contribution is -0.206. The Bertz CT molecular complexity index is 900. The van der Waals surface area contributed by atoms with Gasteiger partial charge in [-0.3, -0.25) is 0 Å².